The van der Waals surface area contributed by atoms with E-state index in [0.29, 0.717) is 0 Å². The molecule has 2 aromatic rings. The summed E-state index contributed by atoms with van der Waals surface area (Å²) in [5, 5.41) is 0.263. The van der Waals surface area contributed by atoms with Gasteiger partial charge >= 0.3 is 0 Å². The molecule has 0 aromatic heterocycles. The minimum atomic E-state index is -1.09. The Labute approximate surface area is 116 Å². The van der Waals surface area contributed by atoms with E-state index in [9.17, 15) is 13.6 Å². The molecule has 2 rings (SSSR count). The summed E-state index contributed by atoms with van der Waals surface area (Å²) in [6.07, 6.45) is 0. The van der Waals surface area contributed by atoms with Crippen LogP contribution in [0.1, 0.15) is 15.9 Å². The lowest BCUT2D eigenvalue weighted by Gasteiger charge is -2.06. The lowest BCUT2D eigenvalue weighted by molar-refractivity contribution is 0.103. The average Bonchev–Trinajstić information content (AvgIpc) is 2.36. The third kappa shape index (κ3) is 2.31. The molecule has 0 unspecified atom stereocenters. The lowest BCUT2D eigenvalue weighted by atomic mass is 10.0. The van der Waals surface area contributed by atoms with Gasteiger partial charge in [-0.15, -0.1) is 0 Å². The van der Waals surface area contributed by atoms with Crippen molar-refractivity contribution in [2.24, 2.45) is 0 Å². The summed E-state index contributed by atoms with van der Waals surface area (Å²) in [6.45, 7) is 0. The highest BCUT2D eigenvalue weighted by Gasteiger charge is 2.19. The summed E-state index contributed by atoms with van der Waals surface area (Å²) in [7, 11) is 0. The molecular formula is C13H6BrClF2O. The molecule has 18 heavy (non-hydrogen) atoms. The Morgan fingerprint density at radius 1 is 1.06 bits per heavy atom. The van der Waals surface area contributed by atoms with Gasteiger partial charge in [0.1, 0.15) is 0 Å². The van der Waals surface area contributed by atoms with Crippen LogP contribution in [0.5, 0.6) is 0 Å². The largest absolute Gasteiger partial charge is 0.289 e. The van der Waals surface area contributed by atoms with Gasteiger partial charge in [-0.2, -0.15) is 0 Å². The number of carbonyl (C=O) groups is 1. The quantitative estimate of drug-likeness (QED) is 0.580. The van der Waals surface area contributed by atoms with Crippen molar-refractivity contribution in [3.8, 4) is 0 Å². The number of benzene rings is 2. The molecule has 0 aliphatic heterocycles. The Hall–Kier alpha value is -1.26. The highest BCUT2D eigenvalue weighted by Crippen LogP contribution is 2.27. The SMILES string of the molecule is O=C(c1ccccc1Cl)c1ccc(F)c(F)c1Br. The van der Waals surface area contributed by atoms with Gasteiger partial charge in [-0.3, -0.25) is 4.79 Å². The van der Waals surface area contributed by atoms with Gasteiger partial charge in [0.15, 0.2) is 17.4 Å². The standard InChI is InChI=1S/C13H6BrClF2O/c14-11-8(5-6-10(16)12(11)17)13(18)7-3-1-2-4-9(7)15/h1-6H. The summed E-state index contributed by atoms with van der Waals surface area (Å²) in [5.41, 5.74) is 0.271. The van der Waals surface area contributed by atoms with Crippen LogP contribution < -0.4 is 0 Å². The summed E-state index contributed by atoms with van der Waals surface area (Å²) < 4.78 is 26.1. The molecule has 0 heterocycles. The van der Waals surface area contributed by atoms with Crippen molar-refractivity contribution >= 4 is 33.3 Å². The summed E-state index contributed by atoms with van der Waals surface area (Å²) >= 11 is 8.76. The van der Waals surface area contributed by atoms with E-state index in [-0.39, 0.29) is 20.6 Å². The molecule has 0 radical (unpaired) electrons. The molecule has 0 atom stereocenters. The minimum absolute atomic E-state index is 0.0296. The zero-order valence-corrected chi connectivity index (χ0v) is 11.2. The zero-order chi connectivity index (χ0) is 13.3. The predicted molar refractivity (Wildman–Crippen MR) is 68.9 cm³/mol. The van der Waals surface area contributed by atoms with E-state index < -0.39 is 17.4 Å². The molecule has 92 valence electrons. The fraction of sp³-hybridized carbons (Fsp3) is 0. The van der Waals surface area contributed by atoms with Crippen molar-refractivity contribution in [1.29, 1.82) is 0 Å². The van der Waals surface area contributed by atoms with Gasteiger partial charge < -0.3 is 0 Å². The van der Waals surface area contributed by atoms with E-state index in [4.69, 9.17) is 11.6 Å². The van der Waals surface area contributed by atoms with Crippen molar-refractivity contribution in [1.82, 2.24) is 0 Å². The van der Waals surface area contributed by atoms with Gasteiger partial charge in [0.2, 0.25) is 0 Å². The Kier molecular flexibility index (Phi) is 3.78. The van der Waals surface area contributed by atoms with Gasteiger partial charge in [0.25, 0.3) is 0 Å². The molecule has 0 amide bonds. The fourth-order valence-corrected chi connectivity index (χ4v) is 2.21. The van der Waals surface area contributed by atoms with Crippen LogP contribution in [0.4, 0.5) is 8.78 Å². The highest BCUT2D eigenvalue weighted by molar-refractivity contribution is 9.10. The van der Waals surface area contributed by atoms with Crippen LogP contribution in [0, 0.1) is 11.6 Å². The summed E-state index contributed by atoms with van der Waals surface area (Å²) in [5.74, 6) is -2.57. The molecule has 0 bridgehead atoms. The van der Waals surface area contributed by atoms with E-state index in [0.717, 1.165) is 6.07 Å². The summed E-state index contributed by atoms with van der Waals surface area (Å²) in [6, 6.07) is 8.53. The number of rotatable bonds is 2. The maximum Gasteiger partial charge on any atom is 0.195 e. The smallest absolute Gasteiger partial charge is 0.195 e. The number of hydrogen-bond acceptors (Lipinski definition) is 1. The second-order valence-corrected chi connectivity index (χ2v) is 4.73. The first kappa shape index (κ1) is 13.2. The molecule has 1 nitrogen and oxygen atoms in total. The molecule has 2 aromatic carbocycles. The molecule has 0 aliphatic rings. The van der Waals surface area contributed by atoms with Crippen LogP contribution in [-0.2, 0) is 0 Å². The van der Waals surface area contributed by atoms with E-state index >= 15 is 0 Å². The highest BCUT2D eigenvalue weighted by atomic mass is 79.9. The molecule has 0 saturated carbocycles. The monoisotopic (exact) mass is 330 g/mol. The first-order valence-electron chi connectivity index (χ1n) is 4.95. The van der Waals surface area contributed by atoms with Gasteiger partial charge in [0, 0.05) is 11.1 Å². The normalized spacial score (nSPS) is 10.4. The lowest BCUT2D eigenvalue weighted by Crippen LogP contribution is -2.05. The third-order valence-electron chi connectivity index (χ3n) is 2.40. The summed E-state index contributed by atoms with van der Waals surface area (Å²) in [4.78, 5) is 12.1. The maximum absolute atomic E-state index is 13.4. The van der Waals surface area contributed by atoms with Crippen molar-refractivity contribution < 1.29 is 13.6 Å². The molecule has 0 N–H and O–H groups in total. The zero-order valence-electron chi connectivity index (χ0n) is 8.88. The molecule has 0 spiro atoms. The van der Waals surface area contributed by atoms with E-state index in [2.05, 4.69) is 15.9 Å². The van der Waals surface area contributed by atoms with Crippen molar-refractivity contribution in [2.45, 2.75) is 0 Å². The van der Waals surface area contributed by atoms with Crippen LogP contribution in [-0.4, -0.2) is 5.78 Å². The van der Waals surface area contributed by atoms with Gasteiger partial charge in [-0.05, 0) is 40.2 Å². The van der Waals surface area contributed by atoms with Crippen LogP contribution in [0.15, 0.2) is 40.9 Å². The second-order valence-electron chi connectivity index (χ2n) is 3.53. The van der Waals surface area contributed by atoms with Gasteiger partial charge in [0.05, 0.1) is 9.50 Å². The first-order chi connectivity index (χ1) is 8.52. The Morgan fingerprint density at radius 3 is 2.39 bits per heavy atom. The fourth-order valence-electron chi connectivity index (χ4n) is 1.49. The Balaban J connectivity index is 2.54. The van der Waals surface area contributed by atoms with Crippen molar-refractivity contribution in [3.05, 3.63) is 68.7 Å². The number of ketones is 1. The maximum atomic E-state index is 13.4. The van der Waals surface area contributed by atoms with Crippen LogP contribution in [0.25, 0.3) is 0 Å². The predicted octanol–water partition coefficient (Wildman–Crippen LogP) is 4.61. The van der Waals surface area contributed by atoms with Crippen molar-refractivity contribution in [3.63, 3.8) is 0 Å². The Morgan fingerprint density at radius 2 is 1.72 bits per heavy atom. The number of halogens is 4. The van der Waals surface area contributed by atoms with Crippen LogP contribution in [0.3, 0.4) is 0 Å². The van der Waals surface area contributed by atoms with Gasteiger partial charge in [-0.1, -0.05) is 23.7 Å². The molecule has 0 saturated heterocycles. The number of carbonyl (C=O) groups excluding carboxylic acids is 1. The van der Waals surface area contributed by atoms with Crippen molar-refractivity contribution in [2.75, 3.05) is 0 Å². The molecule has 0 fully saturated rings. The van der Waals surface area contributed by atoms with Gasteiger partial charge in [-0.25, -0.2) is 8.78 Å². The van der Waals surface area contributed by atoms with E-state index in [1.807, 2.05) is 0 Å². The molecule has 0 aliphatic carbocycles. The van der Waals surface area contributed by atoms with Crippen LogP contribution >= 0.6 is 27.5 Å². The topological polar surface area (TPSA) is 17.1 Å². The first-order valence-corrected chi connectivity index (χ1v) is 6.12. The minimum Gasteiger partial charge on any atom is -0.289 e. The molecule has 5 heteroatoms. The average molecular weight is 332 g/mol. The van der Waals surface area contributed by atoms with E-state index in [1.165, 1.54) is 12.1 Å². The molecular weight excluding hydrogens is 325 g/mol. The third-order valence-corrected chi connectivity index (χ3v) is 3.50. The van der Waals surface area contributed by atoms with E-state index in [1.54, 1.807) is 18.2 Å². The Bertz CT molecular complexity index is 628. The number of hydrogen-bond donors (Lipinski definition) is 0. The second kappa shape index (κ2) is 5.16. The van der Waals surface area contributed by atoms with Crippen LogP contribution in [0.2, 0.25) is 5.02 Å².